The fraction of sp³-hybridized carbons (Fsp3) is 0.500. The van der Waals surface area contributed by atoms with E-state index < -0.39 is 0 Å². The van der Waals surface area contributed by atoms with Crippen LogP contribution < -0.4 is 10.1 Å². The molecule has 0 heterocycles. The van der Waals surface area contributed by atoms with Crippen LogP contribution in [-0.4, -0.2) is 29.0 Å². The van der Waals surface area contributed by atoms with Crippen LogP contribution in [0.25, 0.3) is 0 Å². The summed E-state index contributed by atoms with van der Waals surface area (Å²) in [6.07, 6.45) is 2.43. The summed E-state index contributed by atoms with van der Waals surface area (Å²) in [7, 11) is 0. The van der Waals surface area contributed by atoms with E-state index in [1.807, 2.05) is 32.9 Å². The molecule has 1 aromatic rings. The topological polar surface area (TPSA) is 70.9 Å². The Balaban J connectivity index is 1.95. The fourth-order valence-electron chi connectivity index (χ4n) is 2.29. The van der Waals surface area contributed by atoms with Gasteiger partial charge in [0.15, 0.2) is 6.61 Å². The van der Waals surface area contributed by atoms with E-state index >= 15 is 0 Å². The van der Waals surface area contributed by atoms with Gasteiger partial charge in [-0.2, -0.15) is 0 Å². The molecule has 2 N–H and O–H groups in total. The standard InChI is InChI=1S/C16H22N2O3/c1-4-16(2,3)17-15(19)10-21-12-6-7-13-11(9-12)5-8-14(13)18-20/h6-7,9,20H,4-5,8,10H2,1-3H3,(H,17,19)/b18-14+. The maximum atomic E-state index is 11.8. The second-order valence-corrected chi connectivity index (χ2v) is 5.94. The highest BCUT2D eigenvalue weighted by Gasteiger charge is 2.20. The number of carbonyl (C=O) groups is 1. The second kappa shape index (κ2) is 6.16. The molecular formula is C16H22N2O3. The van der Waals surface area contributed by atoms with Crippen LogP contribution in [0.15, 0.2) is 23.4 Å². The summed E-state index contributed by atoms with van der Waals surface area (Å²) in [5.74, 6) is 0.539. The highest BCUT2D eigenvalue weighted by molar-refractivity contribution is 6.04. The van der Waals surface area contributed by atoms with E-state index in [2.05, 4.69) is 10.5 Å². The molecule has 5 heteroatoms. The number of oxime groups is 1. The van der Waals surface area contributed by atoms with E-state index in [1.165, 1.54) is 0 Å². The van der Waals surface area contributed by atoms with Crippen LogP contribution in [-0.2, 0) is 11.2 Å². The molecule has 0 bridgehead atoms. The number of rotatable bonds is 5. The molecule has 1 aromatic carbocycles. The molecule has 0 spiro atoms. The van der Waals surface area contributed by atoms with Gasteiger partial charge in [-0.05, 0) is 56.9 Å². The van der Waals surface area contributed by atoms with Crippen molar-refractivity contribution in [2.45, 2.75) is 45.6 Å². The molecule has 5 nitrogen and oxygen atoms in total. The molecule has 114 valence electrons. The van der Waals surface area contributed by atoms with E-state index in [4.69, 9.17) is 9.94 Å². The molecule has 1 aliphatic carbocycles. The number of carbonyl (C=O) groups excluding carboxylic acids is 1. The lowest BCUT2D eigenvalue weighted by Crippen LogP contribution is -2.44. The molecule has 0 saturated carbocycles. The third-order valence-electron chi connectivity index (χ3n) is 3.87. The zero-order valence-electron chi connectivity index (χ0n) is 12.8. The summed E-state index contributed by atoms with van der Waals surface area (Å²) in [5, 5.41) is 15.1. The maximum absolute atomic E-state index is 11.8. The Kier molecular flexibility index (Phi) is 4.50. The van der Waals surface area contributed by atoms with Crippen LogP contribution >= 0.6 is 0 Å². The SMILES string of the molecule is CCC(C)(C)NC(=O)COc1ccc2c(c1)CC/C2=N\O. The lowest BCUT2D eigenvalue weighted by atomic mass is 10.0. The average Bonchev–Trinajstić information content (AvgIpc) is 2.87. The highest BCUT2D eigenvalue weighted by Crippen LogP contribution is 2.26. The van der Waals surface area contributed by atoms with Crippen molar-refractivity contribution in [3.63, 3.8) is 0 Å². The minimum absolute atomic E-state index is 0.00314. The zero-order chi connectivity index (χ0) is 15.5. The Morgan fingerprint density at radius 1 is 1.43 bits per heavy atom. The molecule has 0 aliphatic heterocycles. The predicted molar refractivity (Wildman–Crippen MR) is 81.1 cm³/mol. The van der Waals surface area contributed by atoms with Gasteiger partial charge in [0.25, 0.3) is 5.91 Å². The van der Waals surface area contributed by atoms with Crippen LogP contribution in [0.1, 0.15) is 44.7 Å². The fourth-order valence-corrected chi connectivity index (χ4v) is 2.29. The molecule has 2 rings (SSSR count). The Labute approximate surface area is 125 Å². The van der Waals surface area contributed by atoms with Crippen molar-refractivity contribution in [2.24, 2.45) is 5.16 Å². The summed E-state index contributed by atoms with van der Waals surface area (Å²) in [6, 6.07) is 5.58. The van der Waals surface area contributed by atoms with Crippen LogP contribution in [0.3, 0.4) is 0 Å². The number of nitrogens with zero attached hydrogens (tertiary/aromatic N) is 1. The summed E-state index contributed by atoms with van der Waals surface area (Å²) in [5.41, 5.74) is 2.54. The average molecular weight is 290 g/mol. The number of hydrogen-bond donors (Lipinski definition) is 2. The number of nitrogens with one attached hydrogen (secondary N) is 1. The first-order valence-electron chi connectivity index (χ1n) is 7.23. The molecular weight excluding hydrogens is 268 g/mol. The van der Waals surface area contributed by atoms with E-state index in [1.54, 1.807) is 6.07 Å². The molecule has 1 amide bonds. The normalized spacial score (nSPS) is 15.9. The zero-order valence-corrected chi connectivity index (χ0v) is 12.8. The first-order valence-corrected chi connectivity index (χ1v) is 7.23. The van der Waals surface area contributed by atoms with Gasteiger partial charge in [-0.1, -0.05) is 12.1 Å². The van der Waals surface area contributed by atoms with Gasteiger partial charge in [-0.15, -0.1) is 0 Å². The Bertz CT molecular complexity index is 565. The van der Waals surface area contributed by atoms with Crippen molar-refractivity contribution >= 4 is 11.6 Å². The van der Waals surface area contributed by atoms with Gasteiger partial charge < -0.3 is 15.3 Å². The lowest BCUT2D eigenvalue weighted by Gasteiger charge is -2.24. The van der Waals surface area contributed by atoms with E-state index in [-0.39, 0.29) is 18.1 Å². The molecule has 1 aliphatic rings. The van der Waals surface area contributed by atoms with Gasteiger partial charge in [0.2, 0.25) is 0 Å². The number of ether oxygens (including phenoxy) is 1. The van der Waals surface area contributed by atoms with E-state index in [0.717, 1.165) is 30.4 Å². The van der Waals surface area contributed by atoms with E-state index in [0.29, 0.717) is 11.5 Å². The second-order valence-electron chi connectivity index (χ2n) is 5.94. The van der Waals surface area contributed by atoms with Gasteiger partial charge in [-0.3, -0.25) is 4.79 Å². The number of aryl methyl sites for hydroxylation is 1. The molecule has 0 atom stereocenters. The third-order valence-corrected chi connectivity index (χ3v) is 3.87. The summed E-state index contributed by atoms with van der Waals surface area (Å²) < 4.78 is 5.54. The largest absolute Gasteiger partial charge is 0.484 e. The summed E-state index contributed by atoms with van der Waals surface area (Å²) in [4.78, 5) is 11.8. The quantitative estimate of drug-likeness (QED) is 0.646. The minimum atomic E-state index is -0.217. The maximum Gasteiger partial charge on any atom is 0.258 e. The summed E-state index contributed by atoms with van der Waals surface area (Å²) in [6.45, 7) is 6.00. The van der Waals surface area contributed by atoms with Crippen molar-refractivity contribution in [2.75, 3.05) is 6.61 Å². The van der Waals surface area contributed by atoms with Crippen LogP contribution in [0.5, 0.6) is 5.75 Å². The summed E-state index contributed by atoms with van der Waals surface area (Å²) >= 11 is 0. The van der Waals surface area contributed by atoms with E-state index in [9.17, 15) is 4.79 Å². The molecule has 0 fully saturated rings. The van der Waals surface area contributed by atoms with Crippen molar-refractivity contribution in [3.8, 4) is 5.75 Å². The molecule has 21 heavy (non-hydrogen) atoms. The van der Waals surface area contributed by atoms with Gasteiger partial charge in [0, 0.05) is 11.1 Å². The van der Waals surface area contributed by atoms with Crippen LogP contribution in [0, 0.1) is 0 Å². The highest BCUT2D eigenvalue weighted by atomic mass is 16.5. The molecule has 0 unspecified atom stereocenters. The smallest absolute Gasteiger partial charge is 0.258 e. The van der Waals surface area contributed by atoms with Crippen molar-refractivity contribution < 1.29 is 14.7 Å². The Hall–Kier alpha value is -2.04. The number of amides is 1. The van der Waals surface area contributed by atoms with Gasteiger partial charge in [0.1, 0.15) is 5.75 Å². The number of hydrogen-bond acceptors (Lipinski definition) is 4. The molecule has 0 radical (unpaired) electrons. The monoisotopic (exact) mass is 290 g/mol. The third kappa shape index (κ3) is 3.74. The number of benzene rings is 1. The number of fused-ring (bicyclic) bond motifs is 1. The molecule has 0 aromatic heterocycles. The van der Waals surface area contributed by atoms with Crippen molar-refractivity contribution in [1.82, 2.24) is 5.32 Å². The van der Waals surface area contributed by atoms with Crippen molar-refractivity contribution in [3.05, 3.63) is 29.3 Å². The van der Waals surface area contributed by atoms with Gasteiger partial charge in [0.05, 0.1) is 5.71 Å². The van der Waals surface area contributed by atoms with Crippen LogP contribution in [0.4, 0.5) is 0 Å². The molecule has 0 saturated heterocycles. The van der Waals surface area contributed by atoms with Gasteiger partial charge in [-0.25, -0.2) is 0 Å². The van der Waals surface area contributed by atoms with Crippen molar-refractivity contribution in [1.29, 1.82) is 0 Å². The Morgan fingerprint density at radius 2 is 2.19 bits per heavy atom. The van der Waals surface area contributed by atoms with Gasteiger partial charge >= 0.3 is 0 Å². The first-order chi connectivity index (χ1) is 9.95. The first kappa shape index (κ1) is 15.4. The Morgan fingerprint density at radius 3 is 2.86 bits per heavy atom. The predicted octanol–water partition coefficient (Wildman–Crippen LogP) is 2.49. The minimum Gasteiger partial charge on any atom is -0.484 e. The van der Waals surface area contributed by atoms with Crippen LogP contribution in [0.2, 0.25) is 0 Å². The lowest BCUT2D eigenvalue weighted by molar-refractivity contribution is -0.124.